The molecule has 1 aliphatic rings. The molecule has 4 heterocycles. The number of hydrogen-bond donors (Lipinski definition) is 1. The van der Waals surface area contributed by atoms with Crippen LogP contribution in [0.3, 0.4) is 0 Å². The SMILES string of the molecule is CN(C/C=C/C(=O)N1CCC(n2c(=O)n(-c3ccc(Oc4ccccc4)cc3)c3c(N)ncnc32)C1)c1ccccn1. The summed E-state index contributed by atoms with van der Waals surface area (Å²) in [7, 11) is 1.92. The van der Waals surface area contributed by atoms with Crippen LogP contribution in [-0.2, 0) is 4.79 Å². The van der Waals surface area contributed by atoms with Gasteiger partial charge in [-0.15, -0.1) is 0 Å². The molecule has 0 spiro atoms. The zero-order valence-electron chi connectivity index (χ0n) is 23.1. The number of carbonyl (C=O) groups excluding carboxylic acids is 1. The number of ether oxygens (including phenoxy) is 1. The third-order valence-corrected chi connectivity index (χ3v) is 7.27. The minimum atomic E-state index is -0.291. The molecule has 42 heavy (non-hydrogen) atoms. The molecular formula is C31H30N8O3. The largest absolute Gasteiger partial charge is 0.457 e. The molecular weight excluding hydrogens is 532 g/mol. The number of imidazole rings is 1. The van der Waals surface area contributed by atoms with Crippen molar-refractivity contribution in [3.8, 4) is 17.2 Å². The zero-order chi connectivity index (χ0) is 29.1. The van der Waals surface area contributed by atoms with Crippen LogP contribution in [0, 0.1) is 0 Å². The first kappa shape index (κ1) is 26.8. The predicted molar refractivity (Wildman–Crippen MR) is 161 cm³/mol. The molecule has 6 rings (SSSR count). The van der Waals surface area contributed by atoms with Gasteiger partial charge in [0.2, 0.25) is 5.91 Å². The molecule has 11 heteroatoms. The van der Waals surface area contributed by atoms with Crippen LogP contribution in [0.5, 0.6) is 11.5 Å². The smallest absolute Gasteiger partial charge is 0.335 e. The van der Waals surface area contributed by atoms with Crippen molar-refractivity contribution < 1.29 is 9.53 Å². The van der Waals surface area contributed by atoms with Crippen molar-refractivity contribution in [3.63, 3.8) is 0 Å². The number of aromatic nitrogens is 5. The van der Waals surface area contributed by atoms with E-state index in [-0.39, 0.29) is 23.5 Å². The normalized spacial score (nSPS) is 15.0. The molecule has 2 N–H and O–H groups in total. The van der Waals surface area contributed by atoms with E-state index in [0.29, 0.717) is 54.4 Å². The Morgan fingerprint density at radius 1 is 1.02 bits per heavy atom. The van der Waals surface area contributed by atoms with E-state index in [1.54, 1.807) is 46.0 Å². The van der Waals surface area contributed by atoms with E-state index in [0.717, 1.165) is 5.82 Å². The summed E-state index contributed by atoms with van der Waals surface area (Å²) < 4.78 is 9.06. The van der Waals surface area contributed by atoms with Crippen LogP contribution in [0.2, 0.25) is 0 Å². The number of carbonyl (C=O) groups is 1. The third kappa shape index (κ3) is 5.31. The third-order valence-electron chi connectivity index (χ3n) is 7.27. The zero-order valence-corrected chi connectivity index (χ0v) is 23.1. The molecule has 1 saturated heterocycles. The lowest BCUT2D eigenvalue weighted by Crippen LogP contribution is -2.31. The van der Waals surface area contributed by atoms with Crippen LogP contribution in [0.1, 0.15) is 12.5 Å². The number of nitrogens with two attached hydrogens (primary N) is 1. The maximum absolute atomic E-state index is 13.9. The molecule has 11 nitrogen and oxygen atoms in total. The van der Waals surface area contributed by atoms with E-state index in [9.17, 15) is 9.59 Å². The van der Waals surface area contributed by atoms with Gasteiger partial charge in [0.25, 0.3) is 0 Å². The number of fused-ring (bicyclic) bond motifs is 1. The second-order valence-electron chi connectivity index (χ2n) is 10.0. The number of pyridine rings is 1. The van der Waals surface area contributed by atoms with Crippen molar-refractivity contribution in [1.29, 1.82) is 0 Å². The molecule has 1 atom stereocenters. The standard InChI is InChI=1S/C31H30N8O3/c1-36(26-10-5-6-17-33-26)18-7-11-27(40)37-19-16-23(20-37)39-30-28(29(32)34-21-35-30)38(31(39)41)22-12-14-25(15-13-22)42-24-8-3-2-4-9-24/h2-15,17,21,23H,16,18-20H2,1H3,(H2,32,34,35)/b11-7+. The topological polar surface area (TPSA) is 124 Å². The van der Waals surface area contributed by atoms with Crippen LogP contribution >= 0.6 is 0 Å². The van der Waals surface area contributed by atoms with E-state index in [1.165, 1.54) is 10.9 Å². The van der Waals surface area contributed by atoms with Crippen molar-refractivity contribution in [3.05, 3.63) is 108 Å². The molecule has 3 aromatic heterocycles. The first-order chi connectivity index (χ1) is 20.5. The highest BCUT2D eigenvalue weighted by molar-refractivity contribution is 5.88. The Balaban J connectivity index is 1.22. The van der Waals surface area contributed by atoms with E-state index in [2.05, 4.69) is 15.0 Å². The minimum Gasteiger partial charge on any atom is -0.457 e. The number of para-hydroxylation sites is 1. The number of benzene rings is 2. The minimum absolute atomic E-state index is 0.105. The fourth-order valence-electron chi connectivity index (χ4n) is 5.17. The van der Waals surface area contributed by atoms with Gasteiger partial charge in [0.15, 0.2) is 11.5 Å². The number of rotatable bonds is 8. The quantitative estimate of drug-likeness (QED) is 0.283. The van der Waals surface area contributed by atoms with E-state index < -0.39 is 0 Å². The number of likely N-dealkylation sites (tertiary alicyclic amines) is 1. The summed E-state index contributed by atoms with van der Waals surface area (Å²) in [6, 6.07) is 22.1. The number of hydrogen-bond acceptors (Lipinski definition) is 8. The molecule has 0 radical (unpaired) electrons. The second kappa shape index (κ2) is 11.6. The van der Waals surface area contributed by atoms with Gasteiger partial charge in [-0.2, -0.15) is 0 Å². The van der Waals surface area contributed by atoms with Gasteiger partial charge in [-0.3, -0.25) is 13.9 Å². The molecule has 1 aliphatic heterocycles. The van der Waals surface area contributed by atoms with E-state index in [1.807, 2.05) is 66.6 Å². The first-order valence-electron chi connectivity index (χ1n) is 13.6. The summed E-state index contributed by atoms with van der Waals surface area (Å²) >= 11 is 0. The van der Waals surface area contributed by atoms with Crippen LogP contribution in [-0.4, -0.2) is 61.6 Å². The highest BCUT2D eigenvalue weighted by Crippen LogP contribution is 2.29. The van der Waals surface area contributed by atoms with Crippen molar-refractivity contribution in [2.24, 2.45) is 0 Å². The van der Waals surface area contributed by atoms with Crippen molar-refractivity contribution in [2.75, 3.05) is 37.3 Å². The van der Waals surface area contributed by atoms with E-state index >= 15 is 0 Å². The van der Waals surface area contributed by atoms with Crippen LogP contribution < -0.4 is 21.1 Å². The number of amides is 1. The lowest BCUT2D eigenvalue weighted by atomic mass is 10.2. The van der Waals surface area contributed by atoms with Gasteiger partial charge in [0, 0.05) is 39.0 Å². The molecule has 212 valence electrons. The summed E-state index contributed by atoms with van der Waals surface area (Å²) in [6.07, 6.45) is 7.10. The van der Waals surface area contributed by atoms with Gasteiger partial charge >= 0.3 is 5.69 Å². The molecule has 2 aromatic carbocycles. The Morgan fingerprint density at radius 3 is 2.55 bits per heavy atom. The maximum Gasteiger partial charge on any atom is 0.335 e. The van der Waals surface area contributed by atoms with Gasteiger partial charge < -0.3 is 20.3 Å². The Morgan fingerprint density at radius 2 is 1.79 bits per heavy atom. The van der Waals surface area contributed by atoms with E-state index in [4.69, 9.17) is 10.5 Å². The number of nitrogens with zero attached hydrogens (tertiary/aromatic N) is 7. The average molecular weight is 563 g/mol. The Kier molecular flexibility index (Phi) is 7.37. The summed E-state index contributed by atoms with van der Waals surface area (Å²) in [5, 5.41) is 0. The maximum atomic E-state index is 13.9. The van der Waals surface area contributed by atoms with Gasteiger partial charge in [-0.1, -0.05) is 30.3 Å². The van der Waals surface area contributed by atoms with Gasteiger partial charge in [-0.05, 0) is 55.0 Å². The molecule has 0 bridgehead atoms. The Labute approximate surface area is 242 Å². The van der Waals surface area contributed by atoms with Gasteiger partial charge in [-0.25, -0.2) is 19.7 Å². The summed E-state index contributed by atoms with van der Waals surface area (Å²) in [4.78, 5) is 43.5. The van der Waals surface area contributed by atoms with Crippen LogP contribution in [0.4, 0.5) is 11.6 Å². The summed E-state index contributed by atoms with van der Waals surface area (Å²) in [5.74, 6) is 2.27. The fourth-order valence-corrected chi connectivity index (χ4v) is 5.17. The first-order valence-corrected chi connectivity index (χ1v) is 13.6. The molecule has 1 unspecified atom stereocenters. The average Bonchev–Trinajstić information content (AvgIpc) is 3.61. The fraction of sp³-hybridized carbons (Fsp3) is 0.194. The highest BCUT2D eigenvalue weighted by Gasteiger charge is 2.31. The predicted octanol–water partition coefficient (Wildman–Crippen LogP) is 3.82. The lowest BCUT2D eigenvalue weighted by Gasteiger charge is -2.17. The highest BCUT2D eigenvalue weighted by atomic mass is 16.5. The van der Waals surface area contributed by atoms with Crippen molar-refractivity contribution in [1.82, 2.24) is 29.0 Å². The second-order valence-corrected chi connectivity index (χ2v) is 10.0. The van der Waals surface area contributed by atoms with Crippen LogP contribution in [0.25, 0.3) is 16.9 Å². The monoisotopic (exact) mass is 562 g/mol. The van der Waals surface area contributed by atoms with Crippen molar-refractivity contribution in [2.45, 2.75) is 12.5 Å². The van der Waals surface area contributed by atoms with Gasteiger partial charge in [0.05, 0.1) is 11.7 Å². The molecule has 0 aliphatic carbocycles. The Bertz CT molecular complexity index is 1780. The number of anilines is 2. The molecule has 1 fully saturated rings. The van der Waals surface area contributed by atoms with Crippen LogP contribution in [0.15, 0.2) is 102 Å². The lowest BCUT2D eigenvalue weighted by molar-refractivity contribution is -0.125. The molecule has 0 saturated carbocycles. The number of likely N-dealkylation sites (N-methyl/N-ethyl adjacent to an activating group) is 1. The number of nitrogen functional groups attached to an aromatic ring is 1. The summed E-state index contributed by atoms with van der Waals surface area (Å²) in [5.41, 5.74) is 7.46. The van der Waals surface area contributed by atoms with Crippen molar-refractivity contribution >= 4 is 28.7 Å². The van der Waals surface area contributed by atoms with Gasteiger partial charge in [0.1, 0.15) is 29.2 Å². The summed E-state index contributed by atoms with van der Waals surface area (Å²) in [6.45, 7) is 1.44. The molecule has 5 aromatic rings. The molecule has 1 amide bonds. The Hall–Kier alpha value is -5.45.